The largest absolute Gasteiger partial charge is 0.506 e. The molecule has 1 amide bonds. The minimum atomic E-state index is -4.07. The lowest BCUT2D eigenvalue weighted by Crippen LogP contribution is -2.19. The Hall–Kier alpha value is -2.79. The van der Waals surface area contributed by atoms with Crippen molar-refractivity contribution in [2.75, 3.05) is 15.8 Å². The number of hydrogen-bond donors (Lipinski definition) is 3. The molecule has 0 unspecified atom stereocenters. The molecular weight excluding hydrogens is 511 g/mol. The zero-order valence-electron chi connectivity index (χ0n) is 17.0. The second-order valence-electron chi connectivity index (χ2n) is 6.79. The fourth-order valence-electron chi connectivity index (χ4n) is 2.78. The van der Waals surface area contributed by atoms with Gasteiger partial charge in [-0.25, -0.2) is 16.8 Å². The Kier molecular flexibility index (Phi) is 7.23. The first-order valence-electron chi connectivity index (χ1n) is 9.38. The molecule has 3 aromatic rings. The van der Waals surface area contributed by atoms with Crippen molar-refractivity contribution in [3.05, 3.63) is 76.3 Å². The van der Waals surface area contributed by atoms with Crippen LogP contribution < -0.4 is 10.0 Å². The van der Waals surface area contributed by atoms with Gasteiger partial charge in [0.25, 0.3) is 15.9 Å². The molecule has 3 N–H and O–H groups in total. The van der Waals surface area contributed by atoms with E-state index in [4.69, 9.17) is 23.2 Å². The summed E-state index contributed by atoms with van der Waals surface area (Å²) in [5.74, 6) is -1.37. The lowest BCUT2D eigenvalue weighted by molar-refractivity contribution is 0.102. The predicted octanol–water partition coefficient (Wildman–Crippen LogP) is 4.55. The molecule has 0 aliphatic carbocycles. The summed E-state index contributed by atoms with van der Waals surface area (Å²) < 4.78 is 52.1. The highest BCUT2D eigenvalue weighted by Crippen LogP contribution is 2.30. The van der Waals surface area contributed by atoms with Crippen molar-refractivity contribution in [2.24, 2.45) is 0 Å². The lowest BCUT2D eigenvalue weighted by Gasteiger charge is -2.14. The van der Waals surface area contributed by atoms with Crippen LogP contribution in [0.2, 0.25) is 10.0 Å². The van der Waals surface area contributed by atoms with Gasteiger partial charge in [0.15, 0.2) is 9.84 Å². The van der Waals surface area contributed by atoms with E-state index >= 15 is 0 Å². The van der Waals surface area contributed by atoms with Crippen molar-refractivity contribution in [1.82, 2.24) is 0 Å². The molecule has 0 bridgehead atoms. The number of sulfone groups is 1. The van der Waals surface area contributed by atoms with Crippen LogP contribution in [-0.2, 0) is 19.9 Å². The van der Waals surface area contributed by atoms with Crippen LogP contribution in [0.1, 0.15) is 17.3 Å². The third kappa shape index (κ3) is 5.77. The molecule has 8 nitrogen and oxygen atoms in total. The molecule has 0 aliphatic rings. The number of sulfonamides is 1. The van der Waals surface area contributed by atoms with Crippen LogP contribution in [-0.4, -0.2) is 33.6 Å². The van der Waals surface area contributed by atoms with Crippen molar-refractivity contribution < 1.29 is 26.7 Å². The molecule has 0 spiro atoms. The second kappa shape index (κ2) is 9.60. The second-order valence-corrected chi connectivity index (χ2v) is 11.6. The van der Waals surface area contributed by atoms with Gasteiger partial charge in [0.05, 0.1) is 32.5 Å². The Bertz CT molecular complexity index is 1420. The standard InChI is InChI=1S/C21H18Cl2N2O6S2/c1-2-32(28,29)16-8-10-20(26)19(12-16)24-21(27)17-11-14(23)5-9-18(17)25-33(30,31)15-6-3-13(22)4-7-15/h3-12,25-26H,2H2,1H3,(H,24,27). The summed E-state index contributed by atoms with van der Waals surface area (Å²) in [6.07, 6.45) is 0. The highest BCUT2D eigenvalue weighted by Gasteiger charge is 2.21. The number of anilines is 2. The molecule has 0 saturated carbocycles. The number of carbonyl (C=O) groups excluding carboxylic acids is 1. The Balaban J connectivity index is 1.96. The molecule has 174 valence electrons. The smallest absolute Gasteiger partial charge is 0.261 e. The number of phenolic OH excluding ortho intramolecular Hbond substituents is 1. The zero-order valence-corrected chi connectivity index (χ0v) is 20.2. The third-order valence-electron chi connectivity index (χ3n) is 4.55. The molecule has 12 heteroatoms. The van der Waals surface area contributed by atoms with Crippen LogP contribution in [0.3, 0.4) is 0 Å². The van der Waals surface area contributed by atoms with Gasteiger partial charge < -0.3 is 10.4 Å². The van der Waals surface area contributed by atoms with E-state index in [0.29, 0.717) is 5.02 Å². The monoisotopic (exact) mass is 528 g/mol. The number of benzene rings is 3. The van der Waals surface area contributed by atoms with Crippen LogP contribution in [0.15, 0.2) is 70.5 Å². The molecule has 0 heterocycles. The molecule has 0 radical (unpaired) electrons. The maximum atomic E-state index is 13.0. The highest BCUT2D eigenvalue weighted by atomic mass is 35.5. The number of aromatic hydroxyl groups is 1. The highest BCUT2D eigenvalue weighted by molar-refractivity contribution is 7.92. The van der Waals surface area contributed by atoms with Crippen molar-refractivity contribution >= 4 is 60.3 Å². The molecule has 0 atom stereocenters. The van der Waals surface area contributed by atoms with E-state index < -0.39 is 25.8 Å². The normalized spacial score (nSPS) is 11.7. The fourth-order valence-corrected chi connectivity index (χ4v) is 5.06. The fraction of sp³-hybridized carbons (Fsp3) is 0.0952. The molecular formula is C21H18Cl2N2O6S2. The van der Waals surface area contributed by atoms with E-state index in [9.17, 15) is 26.7 Å². The maximum absolute atomic E-state index is 13.0. The number of carbonyl (C=O) groups is 1. The van der Waals surface area contributed by atoms with E-state index in [1.54, 1.807) is 0 Å². The van der Waals surface area contributed by atoms with Gasteiger partial charge in [0, 0.05) is 10.0 Å². The van der Waals surface area contributed by atoms with Gasteiger partial charge in [-0.1, -0.05) is 30.1 Å². The third-order valence-corrected chi connectivity index (χ3v) is 8.15. The molecule has 0 fully saturated rings. The average molecular weight is 529 g/mol. The molecule has 0 aromatic heterocycles. The van der Waals surface area contributed by atoms with E-state index in [0.717, 1.165) is 12.1 Å². The summed E-state index contributed by atoms with van der Waals surface area (Å²) in [4.78, 5) is 12.8. The number of amides is 1. The number of halogens is 2. The van der Waals surface area contributed by atoms with Crippen LogP contribution >= 0.6 is 23.2 Å². The van der Waals surface area contributed by atoms with Gasteiger partial charge >= 0.3 is 0 Å². The predicted molar refractivity (Wildman–Crippen MR) is 127 cm³/mol. The quantitative estimate of drug-likeness (QED) is 0.385. The van der Waals surface area contributed by atoms with Crippen LogP contribution in [0.25, 0.3) is 0 Å². The molecule has 3 rings (SSSR count). The molecule has 33 heavy (non-hydrogen) atoms. The Labute approximate surface area is 201 Å². The average Bonchev–Trinajstić information content (AvgIpc) is 2.76. The van der Waals surface area contributed by atoms with Crippen molar-refractivity contribution in [1.29, 1.82) is 0 Å². The zero-order chi connectivity index (χ0) is 24.4. The molecule has 0 aliphatic heterocycles. The SMILES string of the molecule is CCS(=O)(=O)c1ccc(O)c(NC(=O)c2cc(Cl)ccc2NS(=O)(=O)c2ccc(Cl)cc2)c1. The number of rotatable bonds is 7. The minimum Gasteiger partial charge on any atom is -0.506 e. The van der Waals surface area contributed by atoms with Crippen molar-refractivity contribution in [3.63, 3.8) is 0 Å². The molecule has 3 aromatic carbocycles. The van der Waals surface area contributed by atoms with Gasteiger partial charge in [-0.15, -0.1) is 0 Å². The summed E-state index contributed by atoms with van der Waals surface area (Å²) >= 11 is 11.8. The van der Waals surface area contributed by atoms with E-state index in [1.165, 1.54) is 55.5 Å². The summed E-state index contributed by atoms with van der Waals surface area (Å²) in [6, 6.07) is 12.8. The first-order valence-corrected chi connectivity index (χ1v) is 13.3. The Morgan fingerprint density at radius 2 is 1.45 bits per heavy atom. The van der Waals surface area contributed by atoms with Gasteiger partial charge in [-0.2, -0.15) is 0 Å². The first kappa shape index (κ1) is 24.8. The number of hydrogen-bond acceptors (Lipinski definition) is 6. The van der Waals surface area contributed by atoms with E-state index in [1.807, 2.05) is 0 Å². The maximum Gasteiger partial charge on any atom is 0.261 e. The summed E-state index contributed by atoms with van der Waals surface area (Å²) in [5.41, 5.74) is -0.395. The lowest BCUT2D eigenvalue weighted by atomic mass is 10.1. The molecule has 0 saturated heterocycles. The van der Waals surface area contributed by atoms with E-state index in [-0.39, 0.29) is 43.3 Å². The van der Waals surface area contributed by atoms with Gasteiger partial charge in [-0.05, 0) is 60.7 Å². The van der Waals surface area contributed by atoms with Gasteiger partial charge in [0.2, 0.25) is 0 Å². The van der Waals surface area contributed by atoms with Crippen molar-refractivity contribution in [3.8, 4) is 5.75 Å². The minimum absolute atomic E-state index is 0.0799. The van der Waals surface area contributed by atoms with Crippen LogP contribution in [0.5, 0.6) is 5.75 Å². The number of phenols is 1. The Morgan fingerprint density at radius 1 is 0.848 bits per heavy atom. The van der Waals surface area contributed by atoms with Crippen LogP contribution in [0.4, 0.5) is 11.4 Å². The Morgan fingerprint density at radius 3 is 2.09 bits per heavy atom. The topological polar surface area (TPSA) is 130 Å². The summed E-state index contributed by atoms with van der Waals surface area (Å²) in [7, 11) is -7.66. The van der Waals surface area contributed by atoms with Crippen LogP contribution in [0, 0.1) is 0 Å². The number of nitrogens with one attached hydrogen (secondary N) is 2. The first-order chi connectivity index (χ1) is 15.4. The summed E-state index contributed by atoms with van der Waals surface area (Å²) in [5, 5.41) is 13.0. The van der Waals surface area contributed by atoms with Crippen molar-refractivity contribution in [2.45, 2.75) is 16.7 Å². The van der Waals surface area contributed by atoms with Gasteiger partial charge in [-0.3, -0.25) is 9.52 Å². The van der Waals surface area contributed by atoms with E-state index in [2.05, 4.69) is 10.0 Å². The van der Waals surface area contributed by atoms with Gasteiger partial charge in [0.1, 0.15) is 5.75 Å². The summed E-state index contributed by atoms with van der Waals surface area (Å²) in [6.45, 7) is 1.46.